The molecule has 0 aromatic heterocycles. The summed E-state index contributed by atoms with van der Waals surface area (Å²) >= 11 is 0. The van der Waals surface area contributed by atoms with Gasteiger partial charge in [-0.05, 0) is 49.1 Å². The van der Waals surface area contributed by atoms with E-state index in [1.54, 1.807) is 0 Å². The molecular formula is C22H33NO. The molecule has 0 unspecified atom stereocenters. The number of aromatic hydroxyl groups is 1. The number of aliphatic imine (C=N–C) groups is 1. The predicted molar refractivity (Wildman–Crippen MR) is 102 cm³/mol. The van der Waals surface area contributed by atoms with E-state index >= 15 is 0 Å². The van der Waals surface area contributed by atoms with Crippen molar-refractivity contribution < 1.29 is 5.11 Å². The average molecular weight is 328 g/mol. The molecule has 1 aromatic rings. The van der Waals surface area contributed by atoms with Gasteiger partial charge in [-0.25, -0.2) is 0 Å². The zero-order valence-electron chi connectivity index (χ0n) is 15.2. The van der Waals surface area contributed by atoms with Crippen LogP contribution in [0.3, 0.4) is 0 Å². The van der Waals surface area contributed by atoms with Gasteiger partial charge in [-0.15, -0.1) is 0 Å². The lowest BCUT2D eigenvalue weighted by atomic mass is 9.82. The van der Waals surface area contributed by atoms with E-state index in [2.05, 4.69) is 19.1 Å². The molecule has 0 amide bonds. The molecule has 0 bridgehead atoms. The third kappa shape index (κ3) is 4.62. The van der Waals surface area contributed by atoms with Crippen molar-refractivity contribution >= 4 is 6.21 Å². The number of hydrogen-bond acceptors (Lipinski definition) is 2. The van der Waals surface area contributed by atoms with Crippen molar-refractivity contribution in [3.63, 3.8) is 0 Å². The van der Waals surface area contributed by atoms with Crippen LogP contribution in [0.1, 0.15) is 94.6 Å². The number of phenols is 1. The molecule has 24 heavy (non-hydrogen) atoms. The minimum atomic E-state index is 0.463. The average Bonchev–Trinajstić information content (AvgIpc) is 2.58. The van der Waals surface area contributed by atoms with E-state index in [4.69, 9.17) is 4.99 Å². The van der Waals surface area contributed by atoms with E-state index in [-0.39, 0.29) is 0 Å². The fourth-order valence-corrected chi connectivity index (χ4v) is 4.45. The van der Waals surface area contributed by atoms with Gasteiger partial charge in [0.1, 0.15) is 5.75 Å². The second kappa shape index (κ2) is 8.69. The Kier molecular flexibility index (Phi) is 6.34. The van der Waals surface area contributed by atoms with Crippen LogP contribution in [0, 0.1) is 5.92 Å². The van der Waals surface area contributed by atoms with Gasteiger partial charge in [0, 0.05) is 17.8 Å². The van der Waals surface area contributed by atoms with Crippen LogP contribution in [0.15, 0.2) is 23.2 Å². The topological polar surface area (TPSA) is 32.6 Å². The molecule has 1 aromatic carbocycles. The van der Waals surface area contributed by atoms with Crippen molar-refractivity contribution in [1.82, 2.24) is 0 Å². The summed E-state index contributed by atoms with van der Waals surface area (Å²) in [5.74, 6) is 1.87. The molecule has 0 spiro atoms. The second-order valence-corrected chi connectivity index (χ2v) is 8.02. The third-order valence-corrected chi connectivity index (χ3v) is 6.04. The van der Waals surface area contributed by atoms with E-state index < -0.39 is 0 Å². The molecule has 0 atom stereocenters. The minimum Gasteiger partial charge on any atom is -0.507 e. The number of phenolic OH excluding ortho intramolecular Hbond substituents is 1. The Hall–Kier alpha value is -1.31. The normalized spacial score (nSPS) is 27.0. The van der Waals surface area contributed by atoms with E-state index in [9.17, 15) is 5.11 Å². The molecule has 0 saturated heterocycles. The van der Waals surface area contributed by atoms with Gasteiger partial charge < -0.3 is 5.11 Å². The highest BCUT2D eigenvalue weighted by molar-refractivity contribution is 5.84. The maximum Gasteiger partial charge on any atom is 0.127 e. The molecule has 0 radical (unpaired) electrons. The SMILES string of the molecule is CC1CCCC(c2cccc(C=NC3CCCCC3)c2O)CCC1. The lowest BCUT2D eigenvalue weighted by molar-refractivity contribution is 0.370. The third-order valence-electron chi connectivity index (χ3n) is 6.04. The summed E-state index contributed by atoms with van der Waals surface area (Å²) in [6.07, 6.45) is 15.9. The molecule has 2 fully saturated rings. The Bertz CT molecular complexity index is 535. The second-order valence-electron chi connectivity index (χ2n) is 8.02. The molecule has 2 aliphatic carbocycles. The summed E-state index contributed by atoms with van der Waals surface area (Å²) in [5.41, 5.74) is 2.06. The molecule has 2 nitrogen and oxygen atoms in total. The zero-order valence-corrected chi connectivity index (χ0v) is 15.2. The largest absolute Gasteiger partial charge is 0.507 e. The lowest BCUT2D eigenvalue weighted by Gasteiger charge is -2.24. The first-order chi connectivity index (χ1) is 11.7. The maximum atomic E-state index is 10.8. The fraction of sp³-hybridized carbons (Fsp3) is 0.682. The van der Waals surface area contributed by atoms with Gasteiger partial charge in [-0.1, -0.05) is 64.0 Å². The Morgan fingerprint density at radius 1 is 0.917 bits per heavy atom. The first kappa shape index (κ1) is 17.5. The van der Waals surface area contributed by atoms with E-state index in [1.165, 1.54) is 70.6 Å². The Balaban J connectivity index is 1.71. The number of rotatable bonds is 3. The monoisotopic (exact) mass is 327 g/mol. The quantitative estimate of drug-likeness (QED) is 0.657. The molecule has 0 aliphatic heterocycles. The van der Waals surface area contributed by atoms with Gasteiger partial charge in [-0.3, -0.25) is 4.99 Å². The number of hydrogen-bond donors (Lipinski definition) is 1. The number of nitrogens with zero attached hydrogens (tertiary/aromatic N) is 1. The van der Waals surface area contributed by atoms with Crippen molar-refractivity contribution in [3.8, 4) is 5.75 Å². The number of para-hydroxylation sites is 1. The van der Waals surface area contributed by atoms with Crippen molar-refractivity contribution in [2.45, 2.75) is 89.5 Å². The molecule has 2 heteroatoms. The first-order valence-corrected chi connectivity index (χ1v) is 10.1. The summed E-state index contributed by atoms with van der Waals surface area (Å²) in [7, 11) is 0. The van der Waals surface area contributed by atoms with Gasteiger partial charge in [0.05, 0.1) is 0 Å². The van der Waals surface area contributed by atoms with Crippen LogP contribution in [-0.4, -0.2) is 17.4 Å². The van der Waals surface area contributed by atoms with Crippen molar-refractivity contribution in [1.29, 1.82) is 0 Å². The van der Waals surface area contributed by atoms with Crippen LogP contribution in [0.5, 0.6) is 5.75 Å². The van der Waals surface area contributed by atoms with Crippen molar-refractivity contribution in [3.05, 3.63) is 29.3 Å². The summed E-state index contributed by atoms with van der Waals surface area (Å²) < 4.78 is 0. The molecule has 1 N–H and O–H groups in total. The molecule has 3 rings (SSSR count). The molecule has 2 saturated carbocycles. The van der Waals surface area contributed by atoms with Crippen LogP contribution in [0.25, 0.3) is 0 Å². The summed E-state index contributed by atoms with van der Waals surface area (Å²) in [6.45, 7) is 2.38. The highest BCUT2D eigenvalue weighted by atomic mass is 16.3. The van der Waals surface area contributed by atoms with Crippen LogP contribution >= 0.6 is 0 Å². The summed E-state index contributed by atoms with van der Waals surface area (Å²) in [6, 6.07) is 6.70. The standard InChI is InChI=1S/C22H33NO/c1-17-8-5-10-18(11-6-9-17)21-15-7-12-19(22(21)24)16-23-20-13-3-2-4-14-20/h7,12,15-18,20,24H,2-6,8-11,13-14H2,1H3. The van der Waals surface area contributed by atoms with Crippen LogP contribution in [0.4, 0.5) is 0 Å². The minimum absolute atomic E-state index is 0.463. The van der Waals surface area contributed by atoms with Crippen molar-refractivity contribution in [2.75, 3.05) is 0 Å². The van der Waals surface area contributed by atoms with Gasteiger partial charge in [0.15, 0.2) is 0 Å². The van der Waals surface area contributed by atoms with Gasteiger partial charge in [0.2, 0.25) is 0 Å². The molecular weight excluding hydrogens is 294 g/mol. The van der Waals surface area contributed by atoms with E-state index in [1.807, 2.05) is 12.3 Å². The number of benzene rings is 1. The fourth-order valence-electron chi connectivity index (χ4n) is 4.45. The molecule has 0 heterocycles. The Labute approximate surface area is 147 Å². The maximum absolute atomic E-state index is 10.8. The summed E-state index contributed by atoms with van der Waals surface area (Å²) in [5, 5.41) is 10.8. The van der Waals surface area contributed by atoms with E-state index in [0.29, 0.717) is 17.7 Å². The first-order valence-electron chi connectivity index (χ1n) is 10.1. The van der Waals surface area contributed by atoms with Crippen LogP contribution in [-0.2, 0) is 0 Å². The Morgan fingerprint density at radius 2 is 1.62 bits per heavy atom. The van der Waals surface area contributed by atoms with Crippen LogP contribution in [0.2, 0.25) is 0 Å². The predicted octanol–water partition coefficient (Wildman–Crippen LogP) is 6.22. The Morgan fingerprint density at radius 3 is 2.33 bits per heavy atom. The van der Waals surface area contributed by atoms with E-state index in [0.717, 1.165) is 17.0 Å². The van der Waals surface area contributed by atoms with Gasteiger partial charge in [-0.2, -0.15) is 0 Å². The molecule has 2 aliphatic rings. The summed E-state index contributed by atoms with van der Waals surface area (Å²) in [4.78, 5) is 4.76. The smallest absolute Gasteiger partial charge is 0.127 e. The lowest BCUT2D eigenvalue weighted by Crippen LogP contribution is -2.10. The van der Waals surface area contributed by atoms with Crippen LogP contribution < -0.4 is 0 Å². The van der Waals surface area contributed by atoms with Gasteiger partial charge >= 0.3 is 0 Å². The van der Waals surface area contributed by atoms with Gasteiger partial charge in [0.25, 0.3) is 0 Å². The highest BCUT2D eigenvalue weighted by Crippen LogP contribution is 2.37. The van der Waals surface area contributed by atoms with Crippen molar-refractivity contribution in [2.24, 2.45) is 10.9 Å². The highest BCUT2D eigenvalue weighted by Gasteiger charge is 2.20. The zero-order chi connectivity index (χ0) is 16.8. The molecule has 132 valence electrons.